The molecule has 0 saturated carbocycles. The molecule has 0 aliphatic rings. The van der Waals surface area contributed by atoms with Crippen LogP contribution in [0.3, 0.4) is 0 Å². The maximum absolute atomic E-state index is 12.3. The molecule has 0 bridgehead atoms. The topological polar surface area (TPSA) is 169 Å². The van der Waals surface area contributed by atoms with E-state index in [-0.39, 0.29) is 12.8 Å². The lowest BCUT2D eigenvalue weighted by molar-refractivity contribution is -0.147. The molecule has 0 saturated heterocycles. The number of carboxylic acids is 1. The average molecular weight is 806 g/mol. The Bertz CT molecular complexity index is 1270. The van der Waals surface area contributed by atoms with Crippen LogP contribution in [0.4, 0.5) is 0 Å². The third-order valence-corrected chi connectivity index (χ3v) is 9.12. The minimum Gasteiger partial charge on any atom is -0.480 e. The Balaban J connectivity index is 4.05. The van der Waals surface area contributed by atoms with Gasteiger partial charge in [0.2, 0.25) is 5.91 Å². The summed E-state index contributed by atoms with van der Waals surface area (Å²) in [6.07, 6.45) is 46.1. The summed E-state index contributed by atoms with van der Waals surface area (Å²) in [7, 11) is -4.78. The highest BCUT2D eigenvalue weighted by molar-refractivity contribution is 7.47. The molecule has 0 heterocycles. The summed E-state index contributed by atoms with van der Waals surface area (Å²) in [6, 6.07) is -1.57. The fraction of sp³-hybridized carbons (Fsp3) is 0.614. The van der Waals surface area contributed by atoms with E-state index >= 15 is 0 Å². The molecule has 3 atom stereocenters. The average Bonchev–Trinajstić information content (AvgIpc) is 3.17. The van der Waals surface area contributed by atoms with E-state index in [4.69, 9.17) is 13.8 Å². The normalized spacial score (nSPS) is 14.6. The predicted molar refractivity (Wildman–Crippen MR) is 226 cm³/mol. The Labute approximate surface area is 337 Å². The smallest absolute Gasteiger partial charge is 0.472 e. The van der Waals surface area contributed by atoms with Gasteiger partial charge >= 0.3 is 19.8 Å². The number of aliphatic carboxylic acids is 1. The van der Waals surface area contributed by atoms with E-state index in [1.807, 2.05) is 12.2 Å². The quantitative estimate of drug-likeness (QED) is 0.0205. The molecule has 56 heavy (non-hydrogen) atoms. The van der Waals surface area contributed by atoms with Crippen molar-refractivity contribution in [1.82, 2.24) is 5.32 Å². The van der Waals surface area contributed by atoms with E-state index in [1.165, 1.54) is 19.3 Å². The number of amides is 1. The number of carbonyl (C=O) groups excluding carboxylic acids is 2. The third kappa shape index (κ3) is 37.6. The highest BCUT2D eigenvalue weighted by Crippen LogP contribution is 2.43. The van der Waals surface area contributed by atoms with Crippen molar-refractivity contribution in [3.05, 3.63) is 85.1 Å². The van der Waals surface area contributed by atoms with Crippen molar-refractivity contribution in [1.29, 1.82) is 0 Å². The number of carboxylic acid groups (broad SMARTS) is 1. The summed E-state index contributed by atoms with van der Waals surface area (Å²) >= 11 is 0. The van der Waals surface area contributed by atoms with E-state index < -0.39 is 57.6 Å². The number of ether oxygens (including phenoxy) is 1. The number of phosphoric acid groups is 1. The molecule has 0 rings (SSSR count). The van der Waals surface area contributed by atoms with E-state index in [9.17, 15) is 34.1 Å². The van der Waals surface area contributed by atoms with E-state index in [2.05, 4.69) is 92.1 Å². The first-order valence-electron chi connectivity index (χ1n) is 20.6. The number of hydrogen-bond donors (Lipinski definition) is 4. The fourth-order valence-electron chi connectivity index (χ4n) is 4.97. The monoisotopic (exact) mass is 805 g/mol. The Kier molecular flexibility index (Phi) is 36.2. The molecule has 0 aromatic heterocycles. The van der Waals surface area contributed by atoms with Gasteiger partial charge in [-0.15, -0.1) is 0 Å². The van der Waals surface area contributed by atoms with Gasteiger partial charge in [-0.25, -0.2) is 9.36 Å². The number of hydrogen-bond acceptors (Lipinski definition) is 8. The highest BCUT2D eigenvalue weighted by atomic mass is 31.2. The second-order valence-corrected chi connectivity index (χ2v) is 14.9. The van der Waals surface area contributed by atoms with Crippen LogP contribution in [-0.4, -0.2) is 64.9 Å². The molecule has 4 N–H and O–H groups in total. The molecule has 0 fully saturated rings. The van der Waals surface area contributed by atoms with Gasteiger partial charge in [-0.3, -0.25) is 18.6 Å². The van der Waals surface area contributed by atoms with Crippen molar-refractivity contribution in [2.75, 3.05) is 19.8 Å². The summed E-state index contributed by atoms with van der Waals surface area (Å²) in [4.78, 5) is 45.8. The minimum absolute atomic E-state index is 0.117. The molecule has 11 nitrogen and oxygen atoms in total. The van der Waals surface area contributed by atoms with E-state index in [0.717, 1.165) is 77.0 Å². The number of rotatable bonds is 37. The molecule has 0 aliphatic carbocycles. The molecule has 0 aromatic carbocycles. The molecule has 0 spiro atoms. The molecule has 1 amide bonds. The summed E-state index contributed by atoms with van der Waals surface area (Å²) in [6.45, 7) is 2.35. The number of nitrogens with one attached hydrogen (secondary N) is 1. The van der Waals surface area contributed by atoms with Crippen LogP contribution >= 0.6 is 7.82 Å². The van der Waals surface area contributed by atoms with Gasteiger partial charge in [-0.2, -0.15) is 0 Å². The highest BCUT2D eigenvalue weighted by Gasteiger charge is 2.28. The molecular formula is C44H72NO10P. The van der Waals surface area contributed by atoms with Gasteiger partial charge in [-0.1, -0.05) is 131 Å². The molecule has 0 aromatic rings. The first kappa shape index (κ1) is 52.7. The van der Waals surface area contributed by atoms with Crippen LogP contribution in [0.2, 0.25) is 0 Å². The number of esters is 1. The molecule has 3 unspecified atom stereocenters. The van der Waals surface area contributed by atoms with Crippen LogP contribution in [0.5, 0.6) is 0 Å². The Morgan fingerprint density at radius 2 is 1.05 bits per heavy atom. The van der Waals surface area contributed by atoms with Crippen molar-refractivity contribution < 1.29 is 47.8 Å². The lowest BCUT2D eigenvalue weighted by Crippen LogP contribution is -2.43. The van der Waals surface area contributed by atoms with Crippen LogP contribution in [0.1, 0.15) is 142 Å². The van der Waals surface area contributed by atoms with Crippen LogP contribution in [0.25, 0.3) is 0 Å². The number of carbonyl (C=O) groups is 3. The maximum atomic E-state index is 12.3. The summed E-state index contributed by atoms with van der Waals surface area (Å²) < 4.78 is 26.7. The minimum atomic E-state index is -4.78. The van der Waals surface area contributed by atoms with Crippen molar-refractivity contribution >= 4 is 25.7 Å². The molecule has 12 heteroatoms. The van der Waals surface area contributed by atoms with Gasteiger partial charge in [0.05, 0.1) is 13.2 Å². The Morgan fingerprint density at radius 3 is 1.59 bits per heavy atom. The van der Waals surface area contributed by atoms with Gasteiger partial charge in [0.15, 0.2) is 6.04 Å². The van der Waals surface area contributed by atoms with Gasteiger partial charge in [0, 0.05) is 12.8 Å². The van der Waals surface area contributed by atoms with Crippen molar-refractivity contribution in [2.24, 2.45) is 0 Å². The van der Waals surface area contributed by atoms with Crippen molar-refractivity contribution in [2.45, 2.75) is 154 Å². The molecule has 0 radical (unpaired) electrons. The summed E-state index contributed by atoms with van der Waals surface area (Å²) in [5, 5.41) is 21.8. The zero-order chi connectivity index (χ0) is 41.4. The van der Waals surface area contributed by atoms with Crippen molar-refractivity contribution in [3.8, 4) is 0 Å². The number of unbranched alkanes of at least 4 members (excludes halogenated alkanes) is 9. The molecule has 0 aliphatic heterocycles. The Hall–Kier alpha value is -3.34. The predicted octanol–water partition coefficient (Wildman–Crippen LogP) is 10.3. The SMILES string of the molecule is CC/C=C\C/C=C\C/C=C\CCCCCCCC(=O)NC(COP(=O)(O)OCC(O)COC(=O)CCC/C=C\C/C=C\C/C=C\C/C=C\CCCCC)C(=O)O. The summed E-state index contributed by atoms with van der Waals surface area (Å²) in [5.74, 6) is -2.47. The third-order valence-electron chi connectivity index (χ3n) is 8.17. The van der Waals surface area contributed by atoms with Gasteiger partial charge in [0.1, 0.15) is 12.7 Å². The van der Waals surface area contributed by atoms with Gasteiger partial charge < -0.3 is 25.2 Å². The number of aliphatic hydroxyl groups is 1. The van der Waals surface area contributed by atoms with Crippen molar-refractivity contribution in [3.63, 3.8) is 0 Å². The first-order chi connectivity index (χ1) is 27.1. The van der Waals surface area contributed by atoms with Crippen LogP contribution < -0.4 is 5.32 Å². The van der Waals surface area contributed by atoms with Gasteiger partial charge in [-0.05, 0) is 83.5 Å². The van der Waals surface area contributed by atoms with E-state index in [0.29, 0.717) is 19.3 Å². The molecule has 318 valence electrons. The summed E-state index contributed by atoms with van der Waals surface area (Å²) in [5.41, 5.74) is 0. The molecular weight excluding hydrogens is 733 g/mol. The largest absolute Gasteiger partial charge is 0.480 e. The van der Waals surface area contributed by atoms with E-state index in [1.54, 1.807) is 0 Å². The Morgan fingerprint density at radius 1 is 0.589 bits per heavy atom. The van der Waals surface area contributed by atoms with Crippen LogP contribution in [-0.2, 0) is 32.7 Å². The standard InChI is InChI=1S/C44H72NO10P/c1-3-5-7-9-11-13-15-17-19-20-22-24-26-28-30-32-34-36-43(48)53-37-40(46)38-54-56(51,52)55-39-41(44(49)50)45-42(47)35-33-31-29-27-25-23-21-18-16-14-12-10-8-6-4-2/h6,8,11-14,17-19,21-22,24,28,30,40-41,46H,3-5,7,9-10,15-16,20,23,25-27,29,31-39H2,1-2H3,(H,45,47)(H,49,50)(H,51,52)/b8-6-,13-11-,14-12-,19-17-,21-18-,24-22-,30-28-. The first-order valence-corrected chi connectivity index (χ1v) is 22.1. The number of aliphatic hydroxyl groups excluding tert-OH is 1. The second-order valence-electron chi connectivity index (χ2n) is 13.4. The lowest BCUT2D eigenvalue weighted by atomic mass is 10.1. The van der Waals surface area contributed by atoms with Gasteiger partial charge in [0.25, 0.3) is 0 Å². The second kappa shape index (κ2) is 38.5. The number of phosphoric ester groups is 1. The fourth-order valence-corrected chi connectivity index (χ4v) is 5.74. The zero-order valence-electron chi connectivity index (χ0n) is 34.1. The number of allylic oxidation sites excluding steroid dienone is 14. The maximum Gasteiger partial charge on any atom is 0.472 e. The zero-order valence-corrected chi connectivity index (χ0v) is 35.0. The van der Waals surface area contributed by atoms with Crippen LogP contribution in [0.15, 0.2) is 85.1 Å². The van der Waals surface area contributed by atoms with Crippen LogP contribution in [0, 0.1) is 0 Å². The lowest BCUT2D eigenvalue weighted by Gasteiger charge is -2.18.